The average Bonchev–Trinajstić information content (AvgIpc) is 4.43. The van der Waals surface area contributed by atoms with Gasteiger partial charge in [0.2, 0.25) is 11.6 Å². The van der Waals surface area contributed by atoms with E-state index in [-0.39, 0.29) is 26.5 Å². The second-order valence-corrected chi connectivity index (χ2v) is 21.9. The number of aryl methyl sites for hydroxylation is 2. The van der Waals surface area contributed by atoms with Gasteiger partial charge in [-0.15, -0.1) is 24.3 Å². The van der Waals surface area contributed by atoms with Crippen LogP contribution in [-0.2, 0) is 26.5 Å². The van der Waals surface area contributed by atoms with Crippen molar-refractivity contribution in [1.29, 1.82) is 0 Å². The van der Waals surface area contributed by atoms with Crippen molar-refractivity contribution < 1.29 is 30.0 Å². The van der Waals surface area contributed by atoms with Crippen LogP contribution in [0.1, 0.15) is 37.5 Å². The van der Waals surface area contributed by atoms with Crippen LogP contribution in [0.4, 0.5) is 0 Å². The number of furan rings is 1. The predicted octanol–water partition coefficient (Wildman–Crippen LogP) is 15.1. The molecule has 0 atom stereocenters. The molecule has 0 unspecified atom stereocenters. The fraction of sp³-hybridized carbons (Fsp3) is 0.0882. The summed E-state index contributed by atoms with van der Waals surface area (Å²) in [6.45, 7) is 10.9. The average molecular weight is 1210 g/mol. The largest absolute Gasteiger partial charge is 0.514 e. The van der Waals surface area contributed by atoms with E-state index in [0.29, 0.717) is 17.0 Å². The van der Waals surface area contributed by atoms with E-state index in [4.69, 9.17) is 19.4 Å². The molecule has 8 aromatic heterocycles. The number of fused-ring (bicyclic) bond motifs is 17. The van der Waals surface area contributed by atoms with Crippen LogP contribution < -0.4 is 4.57 Å². The molecular formula is C68H46N10OPt-2. The van der Waals surface area contributed by atoms with Gasteiger partial charge in [0.15, 0.2) is 0 Å². The van der Waals surface area contributed by atoms with E-state index < -0.39 is 0 Å². The SMILES string of the molecule is Cc1cccc2c1nc1n(-c3cc(C(C)(C)C)ccn3)c3[c-]c4c(cc3n21)n1c2cccc(C)c2nc1n4-c1[c-]c(-n2[c-][n+](-c3ccccc3-n3c4ccccc4c4ccccc43)c3ccccc32)cc2c1oc1ccccc12.[Pt]. The first-order valence-corrected chi connectivity index (χ1v) is 26.7. The molecule has 0 aliphatic carbocycles. The van der Waals surface area contributed by atoms with Crippen molar-refractivity contribution in [3.63, 3.8) is 0 Å². The van der Waals surface area contributed by atoms with Gasteiger partial charge in [-0.2, -0.15) is 0 Å². The normalized spacial score (nSPS) is 12.5. The number of benzene rings is 9. The van der Waals surface area contributed by atoms with Gasteiger partial charge in [0.25, 0.3) is 6.33 Å². The maximum atomic E-state index is 7.04. The number of imidazole rings is 5. The van der Waals surface area contributed by atoms with Crippen molar-refractivity contribution in [1.82, 2.24) is 42.0 Å². The quantitative estimate of drug-likeness (QED) is 0.127. The van der Waals surface area contributed by atoms with Crippen molar-refractivity contribution in [3.8, 4) is 28.6 Å². The minimum Gasteiger partial charge on any atom is -0.514 e. The molecule has 12 heteroatoms. The minimum absolute atomic E-state index is 0. The first kappa shape index (κ1) is 46.5. The summed E-state index contributed by atoms with van der Waals surface area (Å²) in [5, 5.41) is 4.33. The van der Waals surface area contributed by atoms with E-state index in [9.17, 15) is 0 Å². The Labute approximate surface area is 471 Å². The molecule has 0 aliphatic rings. The Morgan fingerprint density at radius 1 is 0.512 bits per heavy atom. The van der Waals surface area contributed by atoms with Crippen molar-refractivity contribution in [3.05, 3.63) is 223 Å². The molecule has 0 spiro atoms. The van der Waals surface area contributed by atoms with Gasteiger partial charge in [-0.25, -0.2) is 15.0 Å². The molecule has 0 N–H and O–H groups in total. The Kier molecular flexibility index (Phi) is 9.72. The standard InChI is InChI=1S/C68H46N10O.Pt/c1-40-18-16-29-54-63(40)70-66-75(54)56-37-58-59(78(62-34-42(32-33-69-62)68(3,4)5)67-71-64-41(2)19-17-30-55(64)76(58)67)38-57(56)77(66)60-36-43(35-47-46-22-8-15-31-61(46)79-65(47)60)72-39-73(51-26-12-11-25-50(51)72)52-27-13-14-28-53(52)74-48-23-9-6-20-44(48)45-21-7-10-24-49(45)74;/h6-35,37H,1-5H3;/q-2;. The zero-order valence-electron chi connectivity index (χ0n) is 44.1. The predicted molar refractivity (Wildman–Crippen MR) is 315 cm³/mol. The molecule has 0 fully saturated rings. The Balaban J connectivity index is 0.00000531. The van der Waals surface area contributed by atoms with E-state index in [1.807, 2.05) is 18.3 Å². The molecule has 0 bridgehead atoms. The molecule has 11 nitrogen and oxygen atoms in total. The Morgan fingerprint density at radius 3 is 1.80 bits per heavy atom. The third kappa shape index (κ3) is 6.35. The van der Waals surface area contributed by atoms with E-state index in [0.717, 1.165) is 122 Å². The summed E-state index contributed by atoms with van der Waals surface area (Å²) >= 11 is 0. The maximum absolute atomic E-state index is 7.04. The van der Waals surface area contributed by atoms with Gasteiger partial charge in [0, 0.05) is 49.0 Å². The summed E-state index contributed by atoms with van der Waals surface area (Å²) in [7, 11) is 0. The number of hydrogen-bond acceptors (Lipinski definition) is 4. The van der Waals surface area contributed by atoms with Crippen LogP contribution in [0.5, 0.6) is 0 Å². The van der Waals surface area contributed by atoms with Crippen LogP contribution >= 0.6 is 0 Å². The molecule has 9 aromatic carbocycles. The molecule has 0 radical (unpaired) electrons. The first-order chi connectivity index (χ1) is 38.7. The third-order valence-electron chi connectivity index (χ3n) is 16.3. The Hall–Kier alpha value is -9.57. The molecular weight excluding hydrogens is 1170 g/mol. The van der Waals surface area contributed by atoms with E-state index in [2.05, 4.69) is 255 Å². The number of aromatic nitrogens is 10. The molecule has 0 amide bonds. The molecule has 0 aliphatic heterocycles. The van der Waals surface area contributed by atoms with Gasteiger partial charge >= 0.3 is 0 Å². The number of pyridine rings is 1. The number of hydrogen-bond donors (Lipinski definition) is 0. The summed E-state index contributed by atoms with van der Waals surface area (Å²) < 4.78 is 22.6. The van der Waals surface area contributed by atoms with Crippen LogP contribution in [0.3, 0.4) is 0 Å². The van der Waals surface area contributed by atoms with Crippen LogP contribution in [0.25, 0.3) is 139 Å². The summed E-state index contributed by atoms with van der Waals surface area (Å²) in [6, 6.07) is 72.3. The van der Waals surface area contributed by atoms with Crippen LogP contribution in [0, 0.1) is 32.3 Å². The van der Waals surface area contributed by atoms with Crippen molar-refractivity contribution in [2.45, 2.75) is 40.0 Å². The summed E-state index contributed by atoms with van der Waals surface area (Å²) in [4.78, 5) is 16.0. The van der Waals surface area contributed by atoms with Gasteiger partial charge < -0.3 is 26.9 Å². The van der Waals surface area contributed by atoms with Crippen molar-refractivity contribution in [2.75, 3.05) is 0 Å². The van der Waals surface area contributed by atoms with E-state index >= 15 is 0 Å². The fourth-order valence-corrected chi connectivity index (χ4v) is 12.5. The third-order valence-corrected chi connectivity index (χ3v) is 16.3. The van der Waals surface area contributed by atoms with Crippen LogP contribution in [0.2, 0.25) is 0 Å². The Morgan fingerprint density at radius 2 is 1.10 bits per heavy atom. The minimum atomic E-state index is -0.125. The van der Waals surface area contributed by atoms with Gasteiger partial charge in [0.05, 0.1) is 55.5 Å². The van der Waals surface area contributed by atoms with Crippen LogP contribution in [0.15, 0.2) is 193 Å². The van der Waals surface area contributed by atoms with E-state index in [1.165, 1.54) is 16.3 Å². The topological polar surface area (TPSA) is 84.2 Å². The molecule has 386 valence electrons. The van der Waals surface area contributed by atoms with E-state index in [1.54, 1.807) is 0 Å². The second kappa shape index (κ2) is 16.7. The first-order valence-electron chi connectivity index (χ1n) is 26.7. The molecule has 17 aromatic rings. The molecule has 17 rings (SSSR count). The van der Waals surface area contributed by atoms with Gasteiger partial charge in [-0.1, -0.05) is 141 Å². The fourth-order valence-electron chi connectivity index (χ4n) is 12.5. The Bertz CT molecular complexity index is 5420. The number of nitrogens with zero attached hydrogens (tertiary/aromatic N) is 10. The van der Waals surface area contributed by atoms with Crippen molar-refractivity contribution in [2.24, 2.45) is 0 Å². The van der Waals surface area contributed by atoms with Crippen LogP contribution in [-0.4, -0.2) is 42.0 Å². The maximum Gasteiger partial charge on any atom is 0.268 e. The van der Waals surface area contributed by atoms with Crippen molar-refractivity contribution >= 4 is 110 Å². The zero-order valence-corrected chi connectivity index (χ0v) is 46.4. The van der Waals surface area contributed by atoms with Gasteiger partial charge in [-0.05, 0) is 124 Å². The molecule has 8 heterocycles. The summed E-state index contributed by atoms with van der Waals surface area (Å²) in [5.74, 6) is 2.22. The smallest absolute Gasteiger partial charge is 0.268 e. The summed E-state index contributed by atoms with van der Waals surface area (Å²) in [6.07, 6.45) is 5.80. The molecule has 80 heavy (non-hydrogen) atoms. The monoisotopic (exact) mass is 1210 g/mol. The molecule has 0 saturated heterocycles. The van der Waals surface area contributed by atoms with Gasteiger partial charge in [-0.3, -0.25) is 9.13 Å². The van der Waals surface area contributed by atoms with Gasteiger partial charge in [0.1, 0.15) is 11.4 Å². The summed E-state index contributed by atoms with van der Waals surface area (Å²) in [5.41, 5.74) is 19.7. The number of rotatable bonds is 5. The molecule has 0 saturated carbocycles. The second-order valence-electron chi connectivity index (χ2n) is 21.9. The number of para-hydroxylation sites is 9. The zero-order chi connectivity index (χ0) is 52.6.